The number of likely N-dealkylation sites (tertiary alicyclic amines) is 4. The van der Waals surface area contributed by atoms with Crippen molar-refractivity contribution in [1.29, 1.82) is 0 Å². The zero-order valence-electron chi connectivity index (χ0n) is 18.3. The molecular weight excluding hydrogens is 384 g/mol. The van der Waals surface area contributed by atoms with E-state index in [4.69, 9.17) is 0 Å². The Morgan fingerprint density at radius 2 is 1.10 bits per heavy atom. The van der Waals surface area contributed by atoms with E-state index in [1.165, 1.54) is 25.9 Å². The minimum Gasteiger partial charge on any atom is -0.342 e. The monoisotopic (exact) mass is 422 g/mol. The first-order chi connectivity index (χ1) is 13.9. The van der Waals surface area contributed by atoms with Gasteiger partial charge in [-0.05, 0) is 52.9 Å². The van der Waals surface area contributed by atoms with Crippen molar-refractivity contribution in [1.82, 2.24) is 19.6 Å². The Hall–Kier alpha value is -0.790. The summed E-state index contributed by atoms with van der Waals surface area (Å²) in [6.07, 6.45) is 6.03. The van der Waals surface area contributed by atoms with Crippen LogP contribution >= 0.6 is 11.8 Å². The van der Waals surface area contributed by atoms with Gasteiger partial charge in [0, 0.05) is 74.4 Å². The van der Waals surface area contributed by atoms with Gasteiger partial charge in [0.2, 0.25) is 11.8 Å². The van der Waals surface area contributed by atoms with Gasteiger partial charge in [-0.2, -0.15) is 11.8 Å². The number of rotatable bonds is 6. The van der Waals surface area contributed by atoms with Crippen LogP contribution in [0.2, 0.25) is 0 Å². The van der Waals surface area contributed by atoms with Crippen LogP contribution in [0, 0.1) is 10.8 Å². The van der Waals surface area contributed by atoms with Gasteiger partial charge in [-0.15, -0.1) is 0 Å². The molecule has 0 aliphatic carbocycles. The normalized spacial score (nSPS) is 33.0. The first-order valence-electron chi connectivity index (χ1n) is 11.4. The number of carbonyl (C=O) groups excluding carboxylic acids is 2. The molecule has 4 aliphatic rings. The molecule has 0 saturated carbocycles. The molecule has 4 rings (SSSR count). The number of amides is 2. The molecule has 0 bridgehead atoms. The largest absolute Gasteiger partial charge is 0.342 e. The van der Waals surface area contributed by atoms with Crippen molar-refractivity contribution in [3.8, 4) is 0 Å². The van der Waals surface area contributed by atoms with Crippen LogP contribution in [-0.4, -0.2) is 109 Å². The van der Waals surface area contributed by atoms with Gasteiger partial charge < -0.3 is 19.6 Å². The van der Waals surface area contributed by atoms with Crippen LogP contribution in [0.4, 0.5) is 0 Å². The quantitative estimate of drug-likeness (QED) is 0.609. The summed E-state index contributed by atoms with van der Waals surface area (Å²) < 4.78 is 0. The highest BCUT2D eigenvalue weighted by Gasteiger charge is 2.44. The Morgan fingerprint density at radius 3 is 1.48 bits per heavy atom. The molecule has 2 unspecified atom stereocenters. The molecule has 2 amide bonds. The first-order valence-corrected chi connectivity index (χ1v) is 12.5. The van der Waals surface area contributed by atoms with Crippen LogP contribution in [0.5, 0.6) is 0 Å². The number of carbonyl (C=O) groups is 2. The Bertz CT molecular complexity index is 580. The SMILES string of the molecule is CN1CCC2(CCN(C(=O)CCSCCC(=O)N3CCC4(CCN(C)C4)C3)C2)C1. The summed E-state index contributed by atoms with van der Waals surface area (Å²) in [5, 5.41) is 0. The highest BCUT2D eigenvalue weighted by atomic mass is 32.2. The zero-order chi connectivity index (χ0) is 20.5. The predicted molar refractivity (Wildman–Crippen MR) is 118 cm³/mol. The Morgan fingerprint density at radius 1 is 0.690 bits per heavy atom. The van der Waals surface area contributed by atoms with Crippen LogP contribution in [0.3, 0.4) is 0 Å². The van der Waals surface area contributed by atoms with Gasteiger partial charge in [-0.25, -0.2) is 0 Å². The van der Waals surface area contributed by atoms with Gasteiger partial charge in [0.15, 0.2) is 0 Å². The molecule has 0 aromatic rings. The lowest BCUT2D eigenvalue weighted by Crippen LogP contribution is -2.34. The van der Waals surface area contributed by atoms with E-state index in [0.29, 0.717) is 35.5 Å². The lowest BCUT2D eigenvalue weighted by Gasteiger charge is -2.24. The van der Waals surface area contributed by atoms with Crippen LogP contribution in [0.1, 0.15) is 38.5 Å². The van der Waals surface area contributed by atoms with Gasteiger partial charge >= 0.3 is 0 Å². The van der Waals surface area contributed by atoms with Gasteiger partial charge in [0.05, 0.1) is 0 Å². The molecule has 4 aliphatic heterocycles. The summed E-state index contributed by atoms with van der Waals surface area (Å²) in [5.74, 6) is 2.29. The van der Waals surface area contributed by atoms with Gasteiger partial charge in [-0.1, -0.05) is 0 Å². The average molecular weight is 423 g/mol. The Kier molecular flexibility index (Phi) is 6.47. The van der Waals surface area contributed by atoms with Crippen molar-refractivity contribution in [3.05, 3.63) is 0 Å². The van der Waals surface area contributed by atoms with Gasteiger partial charge in [0.1, 0.15) is 0 Å². The number of nitrogens with zero attached hydrogens (tertiary/aromatic N) is 4. The lowest BCUT2D eigenvalue weighted by atomic mass is 9.86. The number of thioether (sulfide) groups is 1. The van der Waals surface area contributed by atoms with E-state index in [1.54, 1.807) is 11.8 Å². The summed E-state index contributed by atoms with van der Waals surface area (Å²) in [5.41, 5.74) is 0.733. The maximum absolute atomic E-state index is 12.6. The second-order valence-corrected chi connectivity index (χ2v) is 11.4. The smallest absolute Gasteiger partial charge is 0.223 e. The van der Waals surface area contributed by atoms with E-state index < -0.39 is 0 Å². The topological polar surface area (TPSA) is 47.1 Å². The van der Waals surface area contributed by atoms with Crippen molar-refractivity contribution < 1.29 is 9.59 Å². The van der Waals surface area contributed by atoms with E-state index in [9.17, 15) is 9.59 Å². The van der Waals surface area contributed by atoms with E-state index in [-0.39, 0.29) is 0 Å². The highest BCUT2D eigenvalue weighted by molar-refractivity contribution is 7.99. The fraction of sp³-hybridized carbons (Fsp3) is 0.909. The van der Waals surface area contributed by atoms with Crippen LogP contribution < -0.4 is 0 Å². The van der Waals surface area contributed by atoms with Crippen LogP contribution in [-0.2, 0) is 9.59 Å². The second-order valence-electron chi connectivity index (χ2n) is 10.2. The number of hydrogen-bond donors (Lipinski definition) is 0. The standard InChI is InChI=1S/C22H38N4O2S/c1-23-9-5-21(15-23)7-11-25(17-21)19(27)3-13-29-14-4-20(28)26-12-8-22(18-26)6-10-24(2)16-22/h3-18H2,1-2H3. The maximum atomic E-state index is 12.6. The fourth-order valence-corrected chi connectivity index (χ4v) is 6.86. The Labute approximate surface area is 180 Å². The third-order valence-electron chi connectivity index (χ3n) is 7.76. The zero-order valence-corrected chi connectivity index (χ0v) is 19.1. The average Bonchev–Trinajstić information content (AvgIpc) is 3.46. The summed E-state index contributed by atoms with van der Waals surface area (Å²) in [7, 11) is 4.37. The summed E-state index contributed by atoms with van der Waals surface area (Å²) in [4.78, 5) is 34.1. The molecule has 7 heteroatoms. The van der Waals surface area contributed by atoms with Crippen molar-refractivity contribution in [2.24, 2.45) is 10.8 Å². The Balaban J connectivity index is 1.10. The maximum Gasteiger partial charge on any atom is 0.223 e. The highest BCUT2D eigenvalue weighted by Crippen LogP contribution is 2.40. The van der Waals surface area contributed by atoms with E-state index in [1.807, 2.05) is 0 Å². The van der Waals surface area contributed by atoms with Crippen LogP contribution in [0.15, 0.2) is 0 Å². The van der Waals surface area contributed by atoms with Crippen molar-refractivity contribution in [3.63, 3.8) is 0 Å². The third-order valence-corrected chi connectivity index (χ3v) is 8.75. The molecular formula is C22H38N4O2S. The molecule has 4 fully saturated rings. The van der Waals surface area contributed by atoms with Crippen molar-refractivity contribution >= 4 is 23.6 Å². The van der Waals surface area contributed by atoms with Crippen LogP contribution in [0.25, 0.3) is 0 Å². The molecule has 4 saturated heterocycles. The molecule has 0 aromatic heterocycles. The first kappa shape index (κ1) is 21.4. The minimum absolute atomic E-state index is 0.307. The van der Waals surface area contributed by atoms with Gasteiger partial charge in [0.25, 0.3) is 0 Å². The van der Waals surface area contributed by atoms with E-state index >= 15 is 0 Å². The molecule has 4 heterocycles. The summed E-state index contributed by atoms with van der Waals surface area (Å²) in [6, 6.07) is 0. The molecule has 0 N–H and O–H groups in total. The summed E-state index contributed by atoms with van der Waals surface area (Å²) in [6.45, 7) is 8.38. The molecule has 2 atom stereocenters. The third kappa shape index (κ3) is 4.93. The minimum atomic E-state index is 0.307. The molecule has 164 valence electrons. The molecule has 2 spiro atoms. The fourth-order valence-electron chi connectivity index (χ4n) is 6.02. The second kappa shape index (κ2) is 8.75. The number of hydrogen-bond acceptors (Lipinski definition) is 5. The van der Waals surface area contributed by atoms with E-state index in [0.717, 1.165) is 63.6 Å². The lowest BCUT2D eigenvalue weighted by molar-refractivity contribution is -0.130. The van der Waals surface area contributed by atoms with Gasteiger partial charge in [-0.3, -0.25) is 9.59 Å². The van der Waals surface area contributed by atoms with Crippen molar-refractivity contribution in [2.75, 3.05) is 78.0 Å². The summed E-state index contributed by atoms with van der Waals surface area (Å²) >= 11 is 1.76. The molecule has 0 radical (unpaired) electrons. The predicted octanol–water partition coefficient (Wildman–Crippen LogP) is 1.61. The van der Waals surface area contributed by atoms with Crippen molar-refractivity contribution in [2.45, 2.75) is 38.5 Å². The molecule has 29 heavy (non-hydrogen) atoms. The van der Waals surface area contributed by atoms with E-state index in [2.05, 4.69) is 33.7 Å². The molecule has 0 aromatic carbocycles. The molecule has 6 nitrogen and oxygen atoms in total.